The number of nitrogens with one attached hydrogen (secondary N) is 1. The number of para-hydroxylation sites is 1. The molecule has 8 heteroatoms. The van der Waals surface area contributed by atoms with Crippen molar-refractivity contribution >= 4 is 44.9 Å². The first-order valence-electron chi connectivity index (χ1n) is 9.42. The summed E-state index contributed by atoms with van der Waals surface area (Å²) >= 11 is 7.36. The average Bonchev–Trinajstić information content (AvgIpc) is 3.08. The summed E-state index contributed by atoms with van der Waals surface area (Å²) in [7, 11) is 0. The van der Waals surface area contributed by atoms with Gasteiger partial charge in [0.15, 0.2) is 5.13 Å². The van der Waals surface area contributed by atoms with E-state index < -0.39 is 0 Å². The summed E-state index contributed by atoms with van der Waals surface area (Å²) in [6, 6.07) is 14.6. The van der Waals surface area contributed by atoms with Gasteiger partial charge in [-0.15, -0.1) is 11.3 Å². The van der Waals surface area contributed by atoms with E-state index >= 15 is 0 Å². The molecule has 0 fully saturated rings. The number of rotatable bonds is 5. The van der Waals surface area contributed by atoms with E-state index in [9.17, 15) is 9.59 Å². The van der Waals surface area contributed by atoms with Crippen LogP contribution in [-0.2, 0) is 11.3 Å². The predicted molar refractivity (Wildman–Crippen MR) is 121 cm³/mol. The Kier molecular flexibility index (Phi) is 5.65. The molecule has 152 valence electrons. The molecule has 0 atom stereocenters. The van der Waals surface area contributed by atoms with E-state index in [0.717, 1.165) is 16.1 Å². The van der Waals surface area contributed by atoms with Crippen LogP contribution < -0.4 is 10.9 Å². The van der Waals surface area contributed by atoms with Crippen LogP contribution in [0, 0.1) is 13.8 Å². The minimum Gasteiger partial charge on any atom is -0.302 e. The zero-order valence-electron chi connectivity index (χ0n) is 16.5. The zero-order chi connectivity index (χ0) is 21.3. The fraction of sp³-hybridized carbons (Fsp3) is 0.182. The van der Waals surface area contributed by atoms with Crippen molar-refractivity contribution in [3.8, 4) is 11.3 Å². The van der Waals surface area contributed by atoms with Crippen molar-refractivity contribution in [2.45, 2.75) is 26.8 Å². The van der Waals surface area contributed by atoms with Gasteiger partial charge >= 0.3 is 0 Å². The van der Waals surface area contributed by atoms with Gasteiger partial charge in [0.1, 0.15) is 5.82 Å². The molecule has 1 amide bonds. The third-order valence-corrected chi connectivity index (χ3v) is 5.91. The van der Waals surface area contributed by atoms with Gasteiger partial charge in [0.2, 0.25) is 5.91 Å². The highest BCUT2D eigenvalue weighted by atomic mass is 35.5. The molecular formula is C22H19ClN4O2S. The standard InChI is InChI=1S/C22H19ClN4O2S/c1-13-20(15-7-9-16(23)10-8-15)26-22(30-13)25-19(28)11-12-27-14(2)24-18-6-4-3-5-17(18)21(27)29/h3-10H,11-12H2,1-2H3,(H,25,26,28). The van der Waals surface area contributed by atoms with Crippen LogP contribution in [0.3, 0.4) is 0 Å². The molecule has 6 nitrogen and oxygen atoms in total. The summed E-state index contributed by atoms with van der Waals surface area (Å²) < 4.78 is 1.54. The number of benzene rings is 2. The average molecular weight is 439 g/mol. The lowest BCUT2D eigenvalue weighted by Gasteiger charge is -2.10. The fourth-order valence-electron chi connectivity index (χ4n) is 3.26. The summed E-state index contributed by atoms with van der Waals surface area (Å²) in [5.74, 6) is 0.382. The molecule has 2 aromatic carbocycles. The van der Waals surface area contributed by atoms with E-state index in [4.69, 9.17) is 11.6 Å². The number of amides is 1. The molecule has 2 aromatic heterocycles. The Morgan fingerprint density at radius 1 is 1.10 bits per heavy atom. The minimum absolute atomic E-state index is 0.138. The summed E-state index contributed by atoms with van der Waals surface area (Å²) in [5.41, 5.74) is 2.28. The summed E-state index contributed by atoms with van der Waals surface area (Å²) in [6.07, 6.45) is 0.148. The Bertz CT molecular complexity index is 1290. The molecule has 0 aliphatic heterocycles. The minimum atomic E-state index is -0.203. The van der Waals surface area contributed by atoms with Gasteiger partial charge in [0, 0.05) is 28.4 Å². The van der Waals surface area contributed by atoms with Crippen molar-refractivity contribution in [2.24, 2.45) is 0 Å². The number of carbonyl (C=O) groups is 1. The van der Waals surface area contributed by atoms with Crippen LogP contribution in [0.15, 0.2) is 53.3 Å². The first kappa shape index (κ1) is 20.3. The number of aryl methyl sites for hydroxylation is 2. The second-order valence-corrected chi connectivity index (χ2v) is 8.50. The normalized spacial score (nSPS) is 11.0. The van der Waals surface area contributed by atoms with Crippen LogP contribution in [0.1, 0.15) is 17.1 Å². The number of thiazole rings is 1. The number of anilines is 1. The Hall–Kier alpha value is -3.03. The summed E-state index contributed by atoms with van der Waals surface area (Å²) in [4.78, 5) is 35.2. The number of hydrogen-bond acceptors (Lipinski definition) is 5. The maximum atomic E-state index is 12.7. The smallest absolute Gasteiger partial charge is 0.261 e. The molecule has 4 rings (SSSR count). The first-order valence-corrected chi connectivity index (χ1v) is 10.6. The molecule has 0 unspecified atom stereocenters. The first-order chi connectivity index (χ1) is 14.4. The molecule has 4 aromatic rings. The fourth-order valence-corrected chi connectivity index (χ4v) is 4.24. The Balaban J connectivity index is 1.47. The van der Waals surface area contributed by atoms with Crippen molar-refractivity contribution < 1.29 is 4.79 Å². The lowest BCUT2D eigenvalue weighted by Crippen LogP contribution is -2.26. The quantitative estimate of drug-likeness (QED) is 0.484. The van der Waals surface area contributed by atoms with Crippen LogP contribution in [-0.4, -0.2) is 20.4 Å². The van der Waals surface area contributed by atoms with Gasteiger partial charge in [-0.3, -0.25) is 14.2 Å². The molecule has 0 aliphatic rings. The van der Waals surface area contributed by atoms with Crippen LogP contribution in [0.2, 0.25) is 5.02 Å². The highest BCUT2D eigenvalue weighted by Gasteiger charge is 2.14. The molecular weight excluding hydrogens is 420 g/mol. The van der Waals surface area contributed by atoms with E-state index in [1.807, 2.05) is 43.3 Å². The topological polar surface area (TPSA) is 76.9 Å². The summed E-state index contributed by atoms with van der Waals surface area (Å²) in [5, 5.41) is 4.58. The Morgan fingerprint density at radius 2 is 1.83 bits per heavy atom. The van der Waals surface area contributed by atoms with Crippen molar-refractivity contribution in [3.05, 3.63) is 74.6 Å². The summed E-state index contributed by atoms with van der Waals surface area (Å²) in [6.45, 7) is 3.98. The highest BCUT2D eigenvalue weighted by Crippen LogP contribution is 2.31. The number of carbonyl (C=O) groups excluding carboxylic acids is 1. The number of nitrogens with zero attached hydrogens (tertiary/aromatic N) is 3. The molecule has 30 heavy (non-hydrogen) atoms. The number of aromatic nitrogens is 3. The van der Waals surface area contributed by atoms with Crippen LogP contribution in [0.4, 0.5) is 5.13 Å². The number of hydrogen-bond donors (Lipinski definition) is 1. The monoisotopic (exact) mass is 438 g/mol. The van der Waals surface area contributed by atoms with Crippen LogP contribution in [0.25, 0.3) is 22.2 Å². The van der Waals surface area contributed by atoms with E-state index in [0.29, 0.717) is 26.9 Å². The molecule has 2 heterocycles. The van der Waals surface area contributed by atoms with Gasteiger partial charge in [-0.2, -0.15) is 0 Å². The highest BCUT2D eigenvalue weighted by molar-refractivity contribution is 7.16. The van der Waals surface area contributed by atoms with E-state index in [1.54, 1.807) is 19.1 Å². The predicted octanol–water partition coefficient (Wildman–Crippen LogP) is 4.82. The molecule has 0 saturated carbocycles. The van der Waals surface area contributed by atoms with E-state index in [-0.39, 0.29) is 24.4 Å². The van der Waals surface area contributed by atoms with Gasteiger partial charge in [-0.05, 0) is 38.1 Å². The Morgan fingerprint density at radius 3 is 2.60 bits per heavy atom. The molecule has 0 aliphatic carbocycles. The Labute approximate surface area is 182 Å². The van der Waals surface area contributed by atoms with Crippen molar-refractivity contribution in [2.75, 3.05) is 5.32 Å². The second-order valence-electron chi connectivity index (χ2n) is 6.86. The van der Waals surface area contributed by atoms with Gasteiger partial charge in [0.05, 0.1) is 16.6 Å². The van der Waals surface area contributed by atoms with Gasteiger partial charge in [-0.1, -0.05) is 35.9 Å². The zero-order valence-corrected chi connectivity index (χ0v) is 18.0. The maximum absolute atomic E-state index is 12.7. The van der Waals surface area contributed by atoms with E-state index in [2.05, 4.69) is 15.3 Å². The molecule has 0 bridgehead atoms. The van der Waals surface area contributed by atoms with E-state index in [1.165, 1.54) is 15.9 Å². The molecule has 0 radical (unpaired) electrons. The van der Waals surface area contributed by atoms with Crippen LogP contribution in [0.5, 0.6) is 0 Å². The van der Waals surface area contributed by atoms with Gasteiger partial charge in [-0.25, -0.2) is 9.97 Å². The third kappa shape index (κ3) is 4.13. The lowest BCUT2D eigenvalue weighted by atomic mass is 10.1. The van der Waals surface area contributed by atoms with Crippen molar-refractivity contribution in [1.82, 2.24) is 14.5 Å². The molecule has 0 spiro atoms. The SMILES string of the molecule is Cc1sc(NC(=O)CCn2c(C)nc3ccccc3c2=O)nc1-c1ccc(Cl)cc1. The van der Waals surface area contributed by atoms with Gasteiger partial charge in [0.25, 0.3) is 5.56 Å². The molecule has 0 saturated heterocycles. The third-order valence-electron chi connectivity index (χ3n) is 4.78. The lowest BCUT2D eigenvalue weighted by molar-refractivity contribution is -0.116. The van der Waals surface area contributed by atoms with Crippen molar-refractivity contribution in [3.63, 3.8) is 0 Å². The van der Waals surface area contributed by atoms with Crippen LogP contribution >= 0.6 is 22.9 Å². The maximum Gasteiger partial charge on any atom is 0.261 e. The van der Waals surface area contributed by atoms with Crippen molar-refractivity contribution in [1.29, 1.82) is 0 Å². The second kappa shape index (κ2) is 8.38. The van der Waals surface area contributed by atoms with Gasteiger partial charge < -0.3 is 5.32 Å². The number of fused-ring (bicyclic) bond motifs is 1. The number of halogens is 1. The molecule has 1 N–H and O–H groups in total. The largest absolute Gasteiger partial charge is 0.302 e.